The van der Waals surface area contributed by atoms with Crippen molar-refractivity contribution in [3.05, 3.63) is 54.5 Å². The predicted molar refractivity (Wildman–Crippen MR) is 113 cm³/mol. The monoisotopic (exact) mass is 406 g/mol. The first-order valence-electron chi connectivity index (χ1n) is 9.65. The van der Waals surface area contributed by atoms with Gasteiger partial charge in [-0.05, 0) is 62.1 Å². The SMILES string of the molecule is CS(=O)(=O)c1ccc(Nc2cc3c(C4CCC(C#N)CC4)nccc3cn2)cc1. The Bertz CT molecular complexity index is 1180. The third kappa shape index (κ3) is 4.22. The average Bonchev–Trinajstić information content (AvgIpc) is 2.73. The van der Waals surface area contributed by atoms with Crippen LogP contribution < -0.4 is 5.32 Å². The minimum absolute atomic E-state index is 0.162. The van der Waals surface area contributed by atoms with Crippen molar-refractivity contribution >= 4 is 32.1 Å². The third-order valence-corrected chi connectivity index (χ3v) is 6.66. The number of nitrogens with one attached hydrogen (secondary N) is 1. The molecular formula is C22H22N4O2S. The van der Waals surface area contributed by atoms with Crippen molar-refractivity contribution in [2.45, 2.75) is 36.5 Å². The van der Waals surface area contributed by atoms with Crippen molar-refractivity contribution in [2.75, 3.05) is 11.6 Å². The molecule has 6 nitrogen and oxygen atoms in total. The molecule has 0 aliphatic heterocycles. The minimum atomic E-state index is -3.22. The van der Waals surface area contributed by atoms with Gasteiger partial charge in [0.1, 0.15) is 5.82 Å². The molecule has 0 saturated heterocycles. The molecule has 29 heavy (non-hydrogen) atoms. The van der Waals surface area contributed by atoms with E-state index in [1.165, 1.54) is 6.26 Å². The molecule has 0 bridgehead atoms. The molecule has 2 heterocycles. The highest BCUT2D eigenvalue weighted by Gasteiger charge is 2.24. The topological polar surface area (TPSA) is 95.7 Å². The summed E-state index contributed by atoms with van der Waals surface area (Å²) in [6.07, 6.45) is 8.63. The summed E-state index contributed by atoms with van der Waals surface area (Å²) in [5.41, 5.74) is 1.83. The van der Waals surface area contributed by atoms with Crippen molar-refractivity contribution in [1.82, 2.24) is 9.97 Å². The lowest BCUT2D eigenvalue weighted by Crippen LogP contribution is -2.13. The van der Waals surface area contributed by atoms with E-state index in [0.717, 1.165) is 47.8 Å². The van der Waals surface area contributed by atoms with Crippen LogP contribution in [0.1, 0.15) is 37.3 Å². The van der Waals surface area contributed by atoms with Crippen LogP contribution in [0.2, 0.25) is 0 Å². The highest BCUT2D eigenvalue weighted by atomic mass is 32.2. The number of hydrogen-bond donors (Lipinski definition) is 1. The number of sulfone groups is 1. The largest absolute Gasteiger partial charge is 0.340 e. The first kappa shape index (κ1) is 19.3. The van der Waals surface area contributed by atoms with Gasteiger partial charge in [-0.25, -0.2) is 13.4 Å². The standard InChI is InChI=1S/C22H22N4O2S/c1-29(27,28)19-8-6-18(7-9-19)26-21-12-20-17(14-25-21)10-11-24-22(20)16-4-2-15(13-23)3-5-16/h6-12,14-16H,2-5H2,1H3,(H,25,26). The molecule has 1 aliphatic carbocycles. The molecular weight excluding hydrogens is 384 g/mol. The summed E-state index contributed by atoms with van der Waals surface area (Å²) >= 11 is 0. The predicted octanol–water partition coefficient (Wildman–Crippen LogP) is 4.57. The molecule has 0 radical (unpaired) electrons. The summed E-state index contributed by atoms with van der Waals surface area (Å²) in [6, 6.07) is 13.0. The van der Waals surface area contributed by atoms with Crippen LogP contribution in [-0.2, 0) is 9.84 Å². The Kier molecular flexibility index (Phi) is 5.20. The van der Waals surface area contributed by atoms with Crippen LogP contribution in [0.15, 0.2) is 53.7 Å². The number of benzene rings is 1. The summed E-state index contributed by atoms with van der Waals surface area (Å²) in [4.78, 5) is 9.43. The number of hydrogen-bond acceptors (Lipinski definition) is 6. The van der Waals surface area contributed by atoms with Crippen molar-refractivity contribution in [2.24, 2.45) is 5.92 Å². The summed E-state index contributed by atoms with van der Waals surface area (Å²) < 4.78 is 23.2. The van der Waals surface area contributed by atoms with Crippen molar-refractivity contribution in [3.8, 4) is 6.07 Å². The zero-order chi connectivity index (χ0) is 20.4. The molecule has 7 heteroatoms. The Hall–Kier alpha value is -2.98. The second kappa shape index (κ2) is 7.80. The molecule has 1 saturated carbocycles. The van der Waals surface area contributed by atoms with E-state index in [2.05, 4.69) is 21.4 Å². The van der Waals surface area contributed by atoms with Gasteiger partial charge in [0.15, 0.2) is 9.84 Å². The second-order valence-corrected chi connectivity index (χ2v) is 9.60. The Morgan fingerprint density at radius 1 is 1.07 bits per heavy atom. The van der Waals surface area contributed by atoms with Crippen molar-refractivity contribution < 1.29 is 8.42 Å². The number of nitrogens with zero attached hydrogens (tertiary/aromatic N) is 3. The van der Waals surface area contributed by atoms with Gasteiger partial charge in [0, 0.05) is 46.9 Å². The van der Waals surface area contributed by atoms with Crippen LogP contribution in [0.4, 0.5) is 11.5 Å². The Balaban J connectivity index is 1.61. The molecule has 0 atom stereocenters. The fourth-order valence-electron chi connectivity index (χ4n) is 3.91. The normalized spacial score (nSPS) is 19.6. The first-order chi connectivity index (χ1) is 13.9. The van der Waals surface area contributed by atoms with Gasteiger partial charge in [-0.15, -0.1) is 0 Å². The smallest absolute Gasteiger partial charge is 0.175 e. The van der Waals surface area contributed by atoms with Gasteiger partial charge in [-0.3, -0.25) is 4.98 Å². The van der Waals surface area contributed by atoms with Crippen molar-refractivity contribution in [3.63, 3.8) is 0 Å². The maximum Gasteiger partial charge on any atom is 0.175 e. The third-order valence-electron chi connectivity index (χ3n) is 5.53. The molecule has 1 N–H and O–H groups in total. The molecule has 3 aromatic rings. The number of nitriles is 1. The lowest BCUT2D eigenvalue weighted by Gasteiger charge is -2.25. The Labute approximate surface area is 170 Å². The van der Waals surface area contributed by atoms with Gasteiger partial charge in [-0.2, -0.15) is 5.26 Å². The van der Waals surface area contributed by atoms with Crippen LogP contribution in [-0.4, -0.2) is 24.6 Å². The van der Waals surface area contributed by atoms with Crippen LogP contribution in [0.25, 0.3) is 10.8 Å². The summed E-state index contributed by atoms with van der Waals surface area (Å²) in [6.45, 7) is 0. The molecule has 2 aromatic heterocycles. The lowest BCUT2D eigenvalue weighted by atomic mass is 9.80. The van der Waals surface area contributed by atoms with E-state index >= 15 is 0 Å². The highest BCUT2D eigenvalue weighted by molar-refractivity contribution is 7.90. The Morgan fingerprint density at radius 2 is 1.79 bits per heavy atom. The number of fused-ring (bicyclic) bond motifs is 1. The number of anilines is 2. The lowest BCUT2D eigenvalue weighted by molar-refractivity contribution is 0.379. The maximum absolute atomic E-state index is 11.6. The quantitative estimate of drug-likeness (QED) is 0.682. The van der Waals surface area contributed by atoms with Gasteiger partial charge < -0.3 is 5.32 Å². The van der Waals surface area contributed by atoms with E-state index in [1.54, 1.807) is 24.3 Å². The van der Waals surface area contributed by atoms with Crippen LogP contribution in [0, 0.1) is 17.2 Å². The summed E-state index contributed by atoms with van der Waals surface area (Å²) in [7, 11) is -3.22. The maximum atomic E-state index is 11.6. The fraction of sp³-hybridized carbons (Fsp3) is 0.318. The highest BCUT2D eigenvalue weighted by Crippen LogP contribution is 2.37. The van der Waals surface area contributed by atoms with E-state index in [1.807, 2.05) is 24.5 Å². The van der Waals surface area contributed by atoms with Gasteiger partial charge in [0.2, 0.25) is 0 Å². The molecule has 1 aromatic carbocycles. The number of pyridine rings is 2. The molecule has 4 rings (SSSR count). The number of aromatic nitrogens is 2. The van der Waals surface area contributed by atoms with Gasteiger partial charge in [0.05, 0.1) is 16.7 Å². The fourth-order valence-corrected chi connectivity index (χ4v) is 4.54. The summed E-state index contributed by atoms with van der Waals surface area (Å²) in [5.74, 6) is 1.20. The van der Waals surface area contributed by atoms with E-state index in [0.29, 0.717) is 11.7 Å². The summed E-state index contributed by atoms with van der Waals surface area (Å²) in [5, 5.41) is 14.5. The molecule has 1 fully saturated rings. The first-order valence-corrected chi connectivity index (χ1v) is 11.5. The van der Waals surface area contributed by atoms with Crippen LogP contribution in [0.3, 0.4) is 0 Å². The van der Waals surface area contributed by atoms with E-state index in [9.17, 15) is 8.42 Å². The van der Waals surface area contributed by atoms with Gasteiger partial charge in [-0.1, -0.05) is 0 Å². The van der Waals surface area contributed by atoms with Crippen molar-refractivity contribution in [1.29, 1.82) is 5.26 Å². The molecule has 0 amide bonds. The molecule has 1 aliphatic rings. The molecule has 148 valence electrons. The van der Waals surface area contributed by atoms with Gasteiger partial charge in [0.25, 0.3) is 0 Å². The van der Waals surface area contributed by atoms with Crippen LogP contribution >= 0.6 is 0 Å². The average molecular weight is 407 g/mol. The zero-order valence-corrected chi connectivity index (χ0v) is 17.0. The zero-order valence-electron chi connectivity index (χ0n) is 16.2. The van der Waals surface area contributed by atoms with Crippen LogP contribution in [0.5, 0.6) is 0 Å². The number of rotatable bonds is 4. The van der Waals surface area contributed by atoms with E-state index in [-0.39, 0.29) is 10.8 Å². The second-order valence-electron chi connectivity index (χ2n) is 7.59. The van der Waals surface area contributed by atoms with E-state index in [4.69, 9.17) is 5.26 Å². The molecule has 0 spiro atoms. The minimum Gasteiger partial charge on any atom is -0.340 e. The van der Waals surface area contributed by atoms with E-state index < -0.39 is 9.84 Å². The Morgan fingerprint density at radius 3 is 2.45 bits per heavy atom. The molecule has 0 unspecified atom stereocenters. The van der Waals surface area contributed by atoms with Gasteiger partial charge >= 0.3 is 0 Å².